The molecule has 1 aliphatic rings. The highest BCUT2D eigenvalue weighted by Gasteiger charge is 2.11. The fourth-order valence-corrected chi connectivity index (χ4v) is 2.62. The second-order valence-corrected chi connectivity index (χ2v) is 5.48. The Morgan fingerprint density at radius 3 is 2.32 bits per heavy atom. The van der Waals surface area contributed by atoms with Gasteiger partial charge in [-0.3, -0.25) is 4.79 Å². The molecule has 0 aliphatic carbocycles. The van der Waals surface area contributed by atoms with Crippen molar-refractivity contribution >= 4 is 28.8 Å². The van der Waals surface area contributed by atoms with Crippen LogP contribution in [0.25, 0.3) is 0 Å². The van der Waals surface area contributed by atoms with E-state index in [9.17, 15) is 4.79 Å². The van der Waals surface area contributed by atoms with Crippen LogP contribution in [-0.2, 0) is 4.79 Å². The van der Waals surface area contributed by atoms with E-state index in [1.165, 1.54) is 25.5 Å². The summed E-state index contributed by atoms with van der Waals surface area (Å²) < 4.78 is 0. The second-order valence-electron chi connectivity index (χ2n) is 5.48. The van der Waals surface area contributed by atoms with E-state index in [4.69, 9.17) is 0 Å². The number of nitrogens with zero attached hydrogens (tertiary/aromatic N) is 2. The molecule has 1 fully saturated rings. The van der Waals surface area contributed by atoms with Crippen LogP contribution in [0.3, 0.4) is 0 Å². The molecule has 0 atom stereocenters. The van der Waals surface area contributed by atoms with E-state index in [0.717, 1.165) is 24.6 Å². The maximum atomic E-state index is 11.0. The van der Waals surface area contributed by atoms with Gasteiger partial charge in [-0.25, -0.2) is 4.98 Å². The summed E-state index contributed by atoms with van der Waals surface area (Å²) in [5, 5.41) is 5.96. The first-order chi connectivity index (χ1) is 10.7. The van der Waals surface area contributed by atoms with Gasteiger partial charge < -0.3 is 15.5 Å². The van der Waals surface area contributed by atoms with Crippen molar-refractivity contribution < 1.29 is 4.79 Å². The molecule has 1 amide bonds. The largest absolute Gasteiger partial charge is 0.372 e. The van der Waals surface area contributed by atoms with Crippen molar-refractivity contribution in [3.63, 3.8) is 0 Å². The fourth-order valence-electron chi connectivity index (χ4n) is 2.62. The lowest BCUT2D eigenvalue weighted by atomic mass is 10.2. The number of rotatable bonds is 4. The van der Waals surface area contributed by atoms with E-state index in [1.54, 1.807) is 6.20 Å². The number of benzene rings is 1. The van der Waals surface area contributed by atoms with Gasteiger partial charge in [-0.15, -0.1) is 0 Å². The predicted octanol–water partition coefficient (Wildman–Crippen LogP) is 3.38. The zero-order valence-electron chi connectivity index (χ0n) is 12.7. The van der Waals surface area contributed by atoms with Crippen LogP contribution >= 0.6 is 0 Å². The molecule has 114 valence electrons. The van der Waals surface area contributed by atoms with Crippen molar-refractivity contribution in [3.8, 4) is 0 Å². The molecular weight excluding hydrogens is 276 g/mol. The van der Waals surface area contributed by atoms with Gasteiger partial charge in [0.15, 0.2) is 0 Å². The van der Waals surface area contributed by atoms with Crippen LogP contribution in [0.1, 0.15) is 19.8 Å². The zero-order chi connectivity index (χ0) is 15.4. The molecule has 0 spiro atoms. The van der Waals surface area contributed by atoms with Crippen LogP contribution in [0, 0.1) is 0 Å². The summed E-state index contributed by atoms with van der Waals surface area (Å²) in [7, 11) is 0. The third-order valence-electron chi connectivity index (χ3n) is 3.69. The molecule has 1 aromatic carbocycles. The summed E-state index contributed by atoms with van der Waals surface area (Å²) in [6.07, 6.45) is 4.21. The molecule has 5 nitrogen and oxygen atoms in total. The lowest BCUT2D eigenvalue weighted by Crippen LogP contribution is -2.17. The minimum Gasteiger partial charge on any atom is -0.372 e. The smallest absolute Gasteiger partial charge is 0.221 e. The Hall–Kier alpha value is -2.56. The fraction of sp³-hybridized carbons (Fsp3) is 0.294. The van der Waals surface area contributed by atoms with Gasteiger partial charge >= 0.3 is 0 Å². The Morgan fingerprint density at radius 1 is 1.05 bits per heavy atom. The number of aromatic nitrogens is 1. The monoisotopic (exact) mass is 296 g/mol. The molecule has 2 N–H and O–H groups in total. The summed E-state index contributed by atoms with van der Waals surface area (Å²) in [6.45, 7) is 3.78. The average Bonchev–Trinajstić information content (AvgIpc) is 3.04. The molecule has 2 aromatic rings. The molecule has 3 rings (SSSR count). The number of hydrogen-bond acceptors (Lipinski definition) is 4. The number of hydrogen-bond donors (Lipinski definition) is 2. The van der Waals surface area contributed by atoms with Crippen LogP contribution in [-0.4, -0.2) is 24.0 Å². The molecule has 2 heterocycles. The van der Waals surface area contributed by atoms with E-state index in [1.807, 2.05) is 12.1 Å². The Morgan fingerprint density at radius 2 is 1.73 bits per heavy atom. The van der Waals surface area contributed by atoms with E-state index >= 15 is 0 Å². The maximum Gasteiger partial charge on any atom is 0.221 e. The van der Waals surface area contributed by atoms with E-state index in [0.29, 0.717) is 5.69 Å². The minimum atomic E-state index is -0.0972. The van der Waals surface area contributed by atoms with Gasteiger partial charge in [-0.2, -0.15) is 0 Å². The van der Waals surface area contributed by atoms with E-state index < -0.39 is 0 Å². The second kappa shape index (κ2) is 6.47. The third-order valence-corrected chi connectivity index (χ3v) is 3.69. The van der Waals surface area contributed by atoms with Crippen LogP contribution in [0.5, 0.6) is 0 Å². The minimum absolute atomic E-state index is 0.0972. The highest BCUT2D eigenvalue weighted by atomic mass is 16.1. The van der Waals surface area contributed by atoms with Crippen molar-refractivity contribution in [2.75, 3.05) is 28.6 Å². The SMILES string of the molecule is CC(=O)Nc1ccc(Nc2ccc(N3CCCC3)cc2)nc1. The highest BCUT2D eigenvalue weighted by molar-refractivity contribution is 5.88. The number of anilines is 4. The molecule has 0 bridgehead atoms. The summed E-state index contributed by atoms with van der Waals surface area (Å²) >= 11 is 0. The highest BCUT2D eigenvalue weighted by Crippen LogP contribution is 2.23. The third kappa shape index (κ3) is 3.55. The first-order valence-corrected chi connectivity index (χ1v) is 7.56. The van der Waals surface area contributed by atoms with Crippen molar-refractivity contribution in [2.45, 2.75) is 19.8 Å². The van der Waals surface area contributed by atoms with Gasteiger partial charge in [0.25, 0.3) is 0 Å². The van der Waals surface area contributed by atoms with Crippen LogP contribution in [0.2, 0.25) is 0 Å². The quantitative estimate of drug-likeness (QED) is 0.908. The molecule has 5 heteroatoms. The lowest BCUT2D eigenvalue weighted by Gasteiger charge is -2.17. The normalized spacial score (nSPS) is 14.0. The van der Waals surface area contributed by atoms with Crippen molar-refractivity contribution in [3.05, 3.63) is 42.6 Å². The summed E-state index contributed by atoms with van der Waals surface area (Å²) in [4.78, 5) is 17.7. The van der Waals surface area contributed by atoms with Crippen molar-refractivity contribution in [1.82, 2.24) is 4.98 Å². The van der Waals surface area contributed by atoms with Crippen LogP contribution in [0.15, 0.2) is 42.6 Å². The number of pyridine rings is 1. The number of carbonyl (C=O) groups is 1. The zero-order valence-corrected chi connectivity index (χ0v) is 12.7. The summed E-state index contributed by atoms with van der Waals surface area (Å²) in [6, 6.07) is 12.1. The standard InChI is InChI=1S/C17H20N4O/c1-13(22)19-15-6-9-17(18-12-15)20-14-4-7-16(8-5-14)21-10-2-3-11-21/h4-9,12H,2-3,10-11H2,1H3,(H,18,20)(H,19,22). The Bertz CT molecular complexity index is 631. The molecule has 1 aromatic heterocycles. The first-order valence-electron chi connectivity index (χ1n) is 7.56. The van der Waals surface area contributed by atoms with Gasteiger partial charge in [0, 0.05) is 31.4 Å². The Kier molecular flexibility index (Phi) is 4.23. The van der Waals surface area contributed by atoms with Gasteiger partial charge in [0.1, 0.15) is 5.82 Å². The predicted molar refractivity (Wildman–Crippen MR) is 89.7 cm³/mol. The maximum absolute atomic E-state index is 11.0. The van der Waals surface area contributed by atoms with E-state index in [-0.39, 0.29) is 5.91 Å². The van der Waals surface area contributed by atoms with Gasteiger partial charge in [0.2, 0.25) is 5.91 Å². The number of nitrogens with one attached hydrogen (secondary N) is 2. The molecule has 0 radical (unpaired) electrons. The summed E-state index contributed by atoms with van der Waals surface area (Å²) in [5.74, 6) is 0.656. The Balaban J connectivity index is 1.63. The van der Waals surface area contributed by atoms with Crippen molar-refractivity contribution in [2.24, 2.45) is 0 Å². The molecule has 22 heavy (non-hydrogen) atoms. The first kappa shape index (κ1) is 14.4. The van der Waals surface area contributed by atoms with Gasteiger partial charge in [-0.05, 0) is 49.2 Å². The molecule has 1 aliphatic heterocycles. The number of amides is 1. The Labute approximate surface area is 130 Å². The van der Waals surface area contributed by atoms with E-state index in [2.05, 4.69) is 44.8 Å². The van der Waals surface area contributed by atoms with Crippen LogP contribution in [0.4, 0.5) is 22.9 Å². The van der Waals surface area contributed by atoms with Gasteiger partial charge in [-0.1, -0.05) is 0 Å². The molecular formula is C17H20N4O. The number of carbonyl (C=O) groups excluding carboxylic acids is 1. The lowest BCUT2D eigenvalue weighted by molar-refractivity contribution is -0.114. The molecule has 0 saturated carbocycles. The average molecular weight is 296 g/mol. The topological polar surface area (TPSA) is 57.3 Å². The van der Waals surface area contributed by atoms with Crippen LogP contribution < -0.4 is 15.5 Å². The van der Waals surface area contributed by atoms with Crippen molar-refractivity contribution in [1.29, 1.82) is 0 Å². The molecule has 0 unspecified atom stereocenters. The summed E-state index contributed by atoms with van der Waals surface area (Å²) in [5.41, 5.74) is 2.97. The van der Waals surface area contributed by atoms with Gasteiger partial charge in [0.05, 0.1) is 11.9 Å². The molecule has 1 saturated heterocycles.